The second-order valence-corrected chi connectivity index (χ2v) is 6.22. The van der Waals surface area contributed by atoms with Gasteiger partial charge in [0.25, 0.3) is 0 Å². The van der Waals surface area contributed by atoms with E-state index in [1.54, 1.807) is 0 Å². The molecule has 0 spiro atoms. The molecule has 1 aliphatic carbocycles. The summed E-state index contributed by atoms with van der Waals surface area (Å²) in [5, 5.41) is 2.78. The normalized spacial score (nSPS) is 14.8. The van der Waals surface area contributed by atoms with Gasteiger partial charge in [0, 0.05) is 25.2 Å². The number of hydrazine groups is 1. The zero-order valence-corrected chi connectivity index (χ0v) is 11.6. The minimum absolute atomic E-state index is 0.0276. The summed E-state index contributed by atoms with van der Waals surface area (Å²) in [6, 6.07) is 3.15. The summed E-state index contributed by atoms with van der Waals surface area (Å²) in [6.07, 6.45) is 3.52. The predicted molar refractivity (Wildman–Crippen MR) is 73.0 cm³/mol. The molecule has 1 aliphatic rings. The van der Waals surface area contributed by atoms with Gasteiger partial charge < -0.3 is 10.7 Å². The first-order chi connectivity index (χ1) is 9.53. The van der Waals surface area contributed by atoms with Crippen molar-refractivity contribution in [1.29, 1.82) is 0 Å². The van der Waals surface area contributed by atoms with Gasteiger partial charge in [-0.2, -0.15) is 0 Å². The quantitative estimate of drug-likeness (QED) is 0.390. The Morgan fingerprint density at radius 2 is 2.20 bits per heavy atom. The van der Waals surface area contributed by atoms with Crippen LogP contribution >= 0.6 is 0 Å². The molecule has 0 aromatic carbocycles. The van der Waals surface area contributed by atoms with Crippen molar-refractivity contribution in [1.82, 2.24) is 15.0 Å². The van der Waals surface area contributed by atoms with Crippen LogP contribution in [0.15, 0.2) is 23.2 Å². The summed E-state index contributed by atoms with van der Waals surface area (Å²) >= 11 is 0. The number of nitrogens with one attached hydrogen (secondary N) is 3. The number of hydrogen-bond acceptors (Lipinski definition) is 6. The molecule has 2 rings (SSSR count). The van der Waals surface area contributed by atoms with E-state index in [2.05, 4.69) is 20.4 Å². The lowest BCUT2D eigenvalue weighted by Gasteiger charge is -2.10. The Kier molecular flexibility index (Phi) is 4.53. The number of nitrogens with two attached hydrogens (primary N) is 1. The molecule has 9 heteroatoms. The lowest BCUT2D eigenvalue weighted by Crippen LogP contribution is -2.32. The monoisotopic (exact) mass is 299 g/mol. The van der Waals surface area contributed by atoms with Gasteiger partial charge in [0.05, 0.1) is 0 Å². The van der Waals surface area contributed by atoms with E-state index in [1.165, 1.54) is 18.3 Å². The predicted octanol–water partition coefficient (Wildman–Crippen LogP) is -0.686. The van der Waals surface area contributed by atoms with E-state index in [4.69, 9.17) is 5.84 Å². The molecule has 1 fully saturated rings. The van der Waals surface area contributed by atoms with E-state index in [1.807, 2.05) is 0 Å². The van der Waals surface area contributed by atoms with E-state index in [9.17, 15) is 13.2 Å². The molecule has 8 nitrogen and oxygen atoms in total. The SMILES string of the molecule is NNc1ncccc1S(=O)(=O)NCCC(=O)NC1CC1. The molecule has 0 aliphatic heterocycles. The molecule has 0 bridgehead atoms. The molecule has 20 heavy (non-hydrogen) atoms. The highest BCUT2D eigenvalue weighted by Gasteiger charge is 2.23. The summed E-state index contributed by atoms with van der Waals surface area (Å²) in [4.78, 5) is 15.2. The smallest absolute Gasteiger partial charge is 0.244 e. The third-order valence-corrected chi connectivity index (χ3v) is 4.28. The first-order valence-electron chi connectivity index (χ1n) is 6.23. The van der Waals surface area contributed by atoms with Crippen molar-refractivity contribution in [3.05, 3.63) is 18.3 Å². The van der Waals surface area contributed by atoms with Gasteiger partial charge in [0.2, 0.25) is 15.9 Å². The Morgan fingerprint density at radius 3 is 2.85 bits per heavy atom. The molecule has 0 unspecified atom stereocenters. The molecule has 0 saturated heterocycles. The number of carbonyl (C=O) groups excluding carboxylic acids is 1. The number of nitrogens with zero attached hydrogens (tertiary/aromatic N) is 1. The van der Waals surface area contributed by atoms with Crippen LogP contribution in [0, 0.1) is 0 Å². The average Bonchev–Trinajstić information content (AvgIpc) is 3.22. The summed E-state index contributed by atoms with van der Waals surface area (Å²) in [5.74, 6) is 5.12. The maximum Gasteiger partial charge on any atom is 0.244 e. The van der Waals surface area contributed by atoms with Gasteiger partial charge in [-0.1, -0.05) is 0 Å². The fourth-order valence-electron chi connectivity index (χ4n) is 1.62. The first-order valence-corrected chi connectivity index (χ1v) is 7.72. The van der Waals surface area contributed by atoms with Gasteiger partial charge in [0.1, 0.15) is 4.90 Å². The van der Waals surface area contributed by atoms with Crippen LogP contribution in [0.2, 0.25) is 0 Å². The molecule has 110 valence electrons. The van der Waals surface area contributed by atoms with Crippen LogP contribution in [-0.2, 0) is 14.8 Å². The fourth-order valence-corrected chi connectivity index (χ4v) is 2.77. The maximum atomic E-state index is 12.0. The highest BCUT2D eigenvalue weighted by atomic mass is 32.2. The average molecular weight is 299 g/mol. The number of rotatable bonds is 7. The number of sulfonamides is 1. The zero-order chi connectivity index (χ0) is 14.6. The first kappa shape index (κ1) is 14.7. The van der Waals surface area contributed by atoms with Gasteiger partial charge in [-0.05, 0) is 25.0 Å². The fraction of sp³-hybridized carbons (Fsp3) is 0.455. The Hall–Kier alpha value is -1.71. The number of amides is 1. The van der Waals surface area contributed by atoms with Gasteiger partial charge in [-0.15, -0.1) is 0 Å². The van der Waals surface area contributed by atoms with Gasteiger partial charge in [-0.25, -0.2) is 24.0 Å². The second kappa shape index (κ2) is 6.16. The molecular formula is C11H17N5O3S. The standard InChI is InChI=1S/C11H17N5O3S/c12-16-11-9(2-1-6-13-11)20(18,19)14-7-5-10(17)15-8-3-4-8/h1-2,6,8,14H,3-5,7,12H2,(H,13,16)(H,15,17). The number of hydrogen-bond donors (Lipinski definition) is 4. The van der Waals surface area contributed by atoms with Crippen LogP contribution in [0.1, 0.15) is 19.3 Å². The van der Waals surface area contributed by atoms with Crippen molar-refractivity contribution in [2.24, 2.45) is 5.84 Å². The molecule has 5 N–H and O–H groups in total. The number of carbonyl (C=O) groups is 1. The molecule has 1 aromatic rings. The van der Waals surface area contributed by atoms with E-state index >= 15 is 0 Å². The lowest BCUT2D eigenvalue weighted by molar-refractivity contribution is -0.121. The van der Waals surface area contributed by atoms with Crippen molar-refractivity contribution in [3.8, 4) is 0 Å². The summed E-state index contributed by atoms with van der Waals surface area (Å²) in [6.45, 7) is 0.0276. The topological polar surface area (TPSA) is 126 Å². The van der Waals surface area contributed by atoms with Crippen molar-refractivity contribution in [3.63, 3.8) is 0 Å². The number of aromatic nitrogens is 1. The van der Waals surface area contributed by atoms with Gasteiger partial charge >= 0.3 is 0 Å². The van der Waals surface area contributed by atoms with Crippen LogP contribution in [0.25, 0.3) is 0 Å². The van der Waals surface area contributed by atoms with Crippen LogP contribution in [0.3, 0.4) is 0 Å². The minimum atomic E-state index is -3.75. The third-order valence-electron chi connectivity index (χ3n) is 2.78. The van der Waals surface area contributed by atoms with Crippen LogP contribution < -0.4 is 21.3 Å². The second-order valence-electron chi connectivity index (χ2n) is 4.48. The van der Waals surface area contributed by atoms with E-state index in [-0.39, 0.29) is 35.6 Å². The molecule has 1 aromatic heterocycles. The lowest BCUT2D eigenvalue weighted by atomic mass is 10.4. The Balaban J connectivity index is 1.91. The molecular weight excluding hydrogens is 282 g/mol. The number of anilines is 1. The maximum absolute atomic E-state index is 12.0. The van der Waals surface area contributed by atoms with Crippen molar-refractivity contribution < 1.29 is 13.2 Å². The third kappa shape index (κ3) is 3.89. The molecule has 0 atom stereocenters. The molecule has 0 radical (unpaired) electrons. The van der Waals surface area contributed by atoms with Gasteiger partial charge in [0.15, 0.2) is 5.82 Å². The summed E-state index contributed by atoms with van der Waals surface area (Å²) in [7, 11) is -3.75. The molecule has 1 saturated carbocycles. The van der Waals surface area contributed by atoms with E-state index in [0.29, 0.717) is 0 Å². The number of nitrogen functional groups attached to an aromatic ring is 1. The van der Waals surface area contributed by atoms with Crippen LogP contribution in [-0.4, -0.2) is 31.9 Å². The molecule has 1 heterocycles. The number of pyridine rings is 1. The van der Waals surface area contributed by atoms with E-state index < -0.39 is 10.0 Å². The minimum Gasteiger partial charge on any atom is -0.353 e. The molecule has 1 amide bonds. The highest BCUT2D eigenvalue weighted by molar-refractivity contribution is 7.89. The largest absolute Gasteiger partial charge is 0.353 e. The van der Waals surface area contributed by atoms with Gasteiger partial charge in [-0.3, -0.25) is 4.79 Å². The van der Waals surface area contributed by atoms with Crippen molar-refractivity contribution in [2.45, 2.75) is 30.2 Å². The Labute approximate surface area is 117 Å². The zero-order valence-electron chi connectivity index (χ0n) is 10.8. The van der Waals surface area contributed by atoms with Crippen LogP contribution in [0.5, 0.6) is 0 Å². The van der Waals surface area contributed by atoms with Crippen molar-refractivity contribution >= 4 is 21.7 Å². The van der Waals surface area contributed by atoms with Crippen molar-refractivity contribution in [2.75, 3.05) is 12.0 Å². The Morgan fingerprint density at radius 1 is 1.45 bits per heavy atom. The highest BCUT2D eigenvalue weighted by Crippen LogP contribution is 2.18. The Bertz CT molecular complexity index is 585. The summed E-state index contributed by atoms with van der Waals surface area (Å²) < 4.78 is 26.4. The van der Waals surface area contributed by atoms with E-state index in [0.717, 1.165) is 12.8 Å². The summed E-state index contributed by atoms with van der Waals surface area (Å²) in [5.41, 5.74) is 2.23. The van der Waals surface area contributed by atoms with Crippen LogP contribution in [0.4, 0.5) is 5.82 Å².